The molecule has 0 saturated heterocycles. The standard InChI is InChI=1S/C11H15BN2O5/c1-18-11(15)10(13-12-19-2)7-8-3-5-9(6-4-8)14(16)17/h3-6,10,12-13H,7H2,1-2H3. The van der Waals surface area contributed by atoms with Gasteiger partial charge in [0, 0.05) is 19.2 Å². The molecule has 0 aliphatic carbocycles. The fraction of sp³-hybridized carbons (Fsp3) is 0.364. The lowest BCUT2D eigenvalue weighted by Gasteiger charge is -2.15. The third-order valence-electron chi connectivity index (χ3n) is 2.55. The van der Waals surface area contributed by atoms with Gasteiger partial charge in [0.15, 0.2) is 0 Å². The first-order valence-corrected chi connectivity index (χ1v) is 5.62. The number of carbonyl (C=O) groups is 1. The van der Waals surface area contributed by atoms with Crippen LogP contribution in [0, 0.1) is 10.1 Å². The van der Waals surface area contributed by atoms with Gasteiger partial charge in [-0.2, -0.15) is 0 Å². The van der Waals surface area contributed by atoms with Crippen LogP contribution in [0.25, 0.3) is 0 Å². The number of ether oxygens (including phenoxy) is 1. The van der Waals surface area contributed by atoms with Crippen molar-refractivity contribution >= 4 is 19.3 Å². The number of nitrogens with zero attached hydrogens (tertiary/aromatic N) is 1. The van der Waals surface area contributed by atoms with Crippen LogP contribution in [-0.2, 0) is 20.6 Å². The predicted molar refractivity (Wildman–Crippen MR) is 69.9 cm³/mol. The van der Waals surface area contributed by atoms with E-state index >= 15 is 0 Å². The summed E-state index contributed by atoms with van der Waals surface area (Å²) >= 11 is 0. The molecule has 0 radical (unpaired) electrons. The van der Waals surface area contributed by atoms with E-state index < -0.39 is 16.9 Å². The molecule has 0 spiro atoms. The summed E-state index contributed by atoms with van der Waals surface area (Å²) in [6.45, 7) is 0. The number of nitro benzene ring substituents is 1. The Labute approximate surface area is 111 Å². The molecule has 0 bridgehead atoms. The average Bonchev–Trinajstić information content (AvgIpc) is 2.43. The number of hydrogen-bond acceptors (Lipinski definition) is 6. The zero-order valence-corrected chi connectivity index (χ0v) is 10.8. The molecule has 7 nitrogen and oxygen atoms in total. The van der Waals surface area contributed by atoms with E-state index in [0.717, 1.165) is 5.56 Å². The van der Waals surface area contributed by atoms with E-state index in [4.69, 9.17) is 4.65 Å². The lowest BCUT2D eigenvalue weighted by molar-refractivity contribution is -0.384. The quantitative estimate of drug-likeness (QED) is 0.327. The topological polar surface area (TPSA) is 90.7 Å². The first kappa shape index (κ1) is 15.1. The summed E-state index contributed by atoms with van der Waals surface area (Å²) in [5.74, 6) is -0.407. The summed E-state index contributed by atoms with van der Waals surface area (Å²) in [7, 11) is 3.03. The lowest BCUT2D eigenvalue weighted by atomic mass is 10.0. The van der Waals surface area contributed by atoms with Crippen molar-refractivity contribution in [1.82, 2.24) is 5.23 Å². The molecular formula is C11H15BN2O5. The van der Waals surface area contributed by atoms with E-state index in [0.29, 0.717) is 6.42 Å². The molecule has 1 N–H and O–H groups in total. The van der Waals surface area contributed by atoms with Crippen LogP contribution in [0.4, 0.5) is 5.69 Å². The molecule has 0 aliphatic rings. The monoisotopic (exact) mass is 266 g/mol. The van der Waals surface area contributed by atoms with Crippen molar-refractivity contribution in [2.45, 2.75) is 12.5 Å². The summed E-state index contributed by atoms with van der Waals surface area (Å²) in [6.07, 6.45) is 0.369. The Bertz CT molecular complexity index is 437. The number of nitro groups is 1. The van der Waals surface area contributed by atoms with Crippen LogP contribution >= 0.6 is 0 Å². The van der Waals surface area contributed by atoms with Gasteiger partial charge in [0.2, 0.25) is 0 Å². The van der Waals surface area contributed by atoms with Crippen molar-refractivity contribution < 1.29 is 19.1 Å². The Morgan fingerprint density at radius 3 is 2.53 bits per heavy atom. The van der Waals surface area contributed by atoms with Gasteiger partial charge in [0.05, 0.1) is 12.0 Å². The summed E-state index contributed by atoms with van der Waals surface area (Å²) in [6, 6.07) is 5.48. The first-order valence-electron chi connectivity index (χ1n) is 5.62. The van der Waals surface area contributed by atoms with Gasteiger partial charge in [-0.15, -0.1) is 0 Å². The van der Waals surface area contributed by atoms with Crippen molar-refractivity contribution in [3.05, 3.63) is 39.9 Å². The van der Waals surface area contributed by atoms with Gasteiger partial charge in [-0.3, -0.25) is 14.9 Å². The molecule has 1 unspecified atom stereocenters. The minimum Gasteiger partial charge on any atom is -0.468 e. The van der Waals surface area contributed by atoms with Gasteiger partial charge >= 0.3 is 13.6 Å². The zero-order valence-electron chi connectivity index (χ0n) is 10.8. The Hall–Kier alpha value is -1.93. The highest BCUT2D eigenvalue weighted by Gasteiger charge is 2.19. The van der Waals surface area contributed by atoms with Gasteiger partial charge in [0.1, 0.15) is 6.04 Å². The van der Waals surface area contributed by atoms with Crippen LogP contribution in [0.1, 0.15) is 5.56 Å². The molecule has 0 aromatic heterocycles. The Kier molecular flexibility index (Phi) is 5.97. The molecule has 8 heteroatoms. The summed E-state index contributed by atoms with van der Waals surface area (Å²) < 4.78 is 9.53. The number of non-ortho nitro benzene ring substituents is 1. The number of rotatable bonds is 7. The van der Waals surface area contributed by atoms with Crippen LogP contribution < -0.4 is 5.23 Å². The molecular weight excluding hydrogens is 251 g/mol. The number of methoxy groups -OCH3 is 1. The van der Waals surface area contributed by atoms with E-state index in [9.17, 15) is 14.9 Å². The Morgan fingerprint density at radius 1 is 1.42 bits per heavy atom. The van der Waals surface area contributed by atoms with E-state index in [1.165, 1.54) is 26.4 Å². The fourth-order valence-electron chi connectivity index (χ4n) is 1.55. The average molecular weight is 266 g/mol. The van der Waals surface area contributed by atoms with Crippen LogP contribution in [0.2, 0.25) is 0 Å². The normalized spacial score (nSPS) is 11.7. The molecule has 0 amide bonds. The van der Waals surface area contributed by atoms with Crippen molar-refractivity contribution in [1.29, 1.82) is 0 Å². The number of esters is 1. The first-order chi connectivity index (χ1) is 9.08. The molecule has 19 heavy (non-hydrogen) atoms. The minimum atomic E-state index is -0.550. The maximum atomic E-state index is 11.5. The molecule has 0 saturated carbocycles. The van der Waals surface area contributed by atoms with Gasteiger partial charge in [-0.1, -0.05) is 12.1 Å². The molecule has 1 aromatic carbocycles. The summed E-state index contributed by atoms with van der Waals surface area (Å²) in [5.41, 5.74) is 0.813. The van der Waals surface area contributed by atoms with Crippen LogP contribution in [0.15, 0.2) is 24.3 Å². The second-order valence-electron chi connectivity index (χ2n) is 3.84. The summed E-state index contributed by atoms with van der Waals surface area (Å²) in [5, 5.41) is 13.4. The van der Waals surface area contributed by atoms with E-state index in [1.54, 1.807) is 12.1 Å². The Balaban J connectivity index is 2.72. The maximum Gasteiger partial charge on any atom is 0.361 e. The molecule has 0 fully saturated rings. The zero-order chi connectivity index (χ0) is 14.3. The van der Waals surface area contributed by atoms with Crippen molar-refractivity contribution in [2.75, 3.05) is 14.2 Å². The smallest absolute Gasteiger partial charge is 0.361 e. The van der Waals surface area contributed by atoms with Crippen molar-refractivity contribution in [3.63, 3.8) is 0 Å². The number of benzene rings is 1. The van der Waals surface area contributed by atoms with Crippen LogP contribution in [0.3, 0.4) is 0 Å². The molecule has 1 rings (SSSR count). The Morgan fingerprint density at radius 2 is 2.05 bits per heavy atom. The largest absolute Gasteiger partial charge is 0.468 e. The lowest BCUT2D eigenvalue weighted by Crippen LogP contribution is -2.42. The van der Waals surface area contributed by atoms with Crippen LogP contribution in [0.5, 0.6) is 0 Å². The number of nitrogens with one attached hydrogen (secondary N) is 1. The maximum absolute atomic E-state index is 11.5. The highest BCUT2D eigenvalue weighted by atomic mass is 16.6. The van der Waals surface area contributed by atoms with E-state index in [2.05, 4.69) is 9.96 Å². The molecule has 1 aromatic rings. The molecule has 102 valence electrons. The van der Waals surface area contributed by atoms with Crippen molar-refractivity contribution in [3.8, 4) is 0 Å². The third kappa shape index (κ3) is 4.68. The molecule has 1 atom stereocenters. The van der Waals surface area contributed by atoms with Gasteiger partial charge < -0.3 is 14.6 Å². The third-order valence-corrected chi connectivity index (χ3v) is 2.55. The number of carbonyl (C=O) groups excluding carboxylic acids is 1. The fourth-order valence-corrected chi connectivity index (χ4v) is 1.55. The van der Waals surface area contributed by atoms with E-state index in [-0.39, 0.29) is 13.3 Å². The van der Waals surface area contributed by atoms with Crippen molar-refractivity contribution in [2.24, 2.45) is 0 Å². The van der Waals surface area contributed by atoms with E-state index in [1.807, 2.05) is 0 Å². The molecule has 0 aliphatic heterocycles. The number of hydrogen-bond donors (Lipinski definition) is 1. The van der Waals surface area contributed by atoms with Gasteiger partial charge in [-0.05, 0) is 12.0 Å². The highest BCUT2D eigenvalue weighted by Crippen LogP contribution is 2.13. The summed E-state index contributed by atoms with van der Waals surface area (Å²) in [4.78, 5) is 21.6. The van der Waals surface area contributed by atoms with Gasteiger partial charge in [-0.25, -0.2) is 0 Å². The molecule has 0 heterocycles. The predicted octanol–water partition coefficient (Wildman–Crippen LogP) is 0.181. The highest BCUT2D eigenvalue weighted by molar-refractivity contribution is 6.24. The SMILES string of the molecule is COBNC(Cc1ccc([N+](=O)[O-])cc1)C(=O)OC. The second kappa shape index (κ2) is 7.50. The van der Waals surface area contributed by atoms with Gasteiger partial charge in [0.25, 0.3) is 5.69 Å². The minimum absolute atomic E-state index is 0.0169. The second-order valence-corrected chi connectivity index (χ2v) is 3.84. The van der Waals surface area contributed by atoms with Crippen LogP contribution in [-0.4, -0.2) is 38.8 Å².